The molecule has 1 aliphatic rings. The molecule has 1 aromatic heterocycles. The van der Waals surface area contributed by atoms with Gasteiger partial charge in [0.1, 0.15) is 5.82 Å². The fourth-order valence-corrected chi connectivity index (χ4v) is 2.47. The number of hydrogen-bond donors (Lipinski definition) is 2. The Morgan fingerprint density at radius 2 is 2.20 bits per heavy atom. The Bertz CT molecular complexity index is 547. The average Bonchev–Trinajstić information content (AvgIpc) is 2.95. The molecule has 2 heterocycles. The molecule has 1 saturated heterocycles. The van der Waals surface area contributed by atoms with E-state index < -0.39 is 0 Å². The summed E-state index contributed by atoms with van der Waals surface area (Å²) in [7, 11) is 0. The second-order valence-corrected chi connectivity index (χ2v) is 5.07. The summed E-state index contributed by atoms with van der Waals surface area (Å²) in [4.78, 5) is 0. The summed E-state index contributed by atoms with van der Waals surface area (Å²) in [5.41, 5.74) is 2.97. The lowest BCUT2D eigenvalue weighted by Crippen LogP contribution is -2.36. The number of H-pyrrole nitrogens is 1. The molecule has 0 unspecified atom stereocenters. The van der Waals surface area contributed by atoms with E-state index in [0.717, 1.165) is 49.4 Å². The van der Waals surface area contributed by atoms with Gasteiger partial charge in [0.2, 0.25) is 0 Å². The fourth-order valence-electron chi connectivity index (χ4n) is 2.47. The molecule has 0 saturated carbocycles. The van der Waals surface area contributed by atoms with E-state index in [0.29, 0.717) is 6.04 Å². The van der Waals surface area contributed by atoms with Crippen molar-refractivity contribution in [1.29, 1.82) is 0 Å². The summed E-state index contributed by atoms with van der Waals surface area (Å²) in [6.07, 6.45) is 4.06. The van der Waals surface area contributed by atoms with Crippen LogP contribution in [0.25, 0.3) is 11.3 Å². The van der Waals surface area contributed by atoms with Crippen LogP contribution in [0.3, 0.4) is 0 Å². The Morgan fingerprint density at radius 3 is 2.95 bits per heavy atom. The van der Waals surface area contributed by atoms with E-state index in [1.165, 1.54) is 12.1 Å². The van der Waals surface area contributed by atoms with Crippen LogP contribution in [-0.4, -0.2) is 29.5 Å². The molecule has 0 aliphatic carbocycles. The second kappa shape index (κ2) is 6.15. The number of benzene rings is 1. The zero-order valence-corrected chi connectivity index (χ0v) is 11.2. The van der Waals surface area contributed by atoms with Crippen molar-refractivity contribution in [1.82, 2.24) is 15.5 Å². The van der Waals surface area contributed by atoms with E-state index in [9.17, 15) is 4.39 Å². The first-order valence-electron chi connectivity index (χ1n) is 6.92. The molecule has 1 aliphatic heterocycles. The van der Waals surface area contributed by atoms with Crippen molar-refractivity contribution in [3.05, 3.63) is 41.8 Å². The monoisotopic (exact) mass is 275 g/mol. The molecule has 1 fully saturated rings. The van der Waals surface area contributed by atoms with Crippen LogP contribution >= 0.6 is 0 Å². The Morgan fingerprint density at radius 1 is 1.35 bits per heavy atom. The highest BCUT2D eigenvalue weighted by Gasteiger charge is 2.14. The van der Waals surface area contributed by atoms with E-state index in [2.05, 4.69) is 15.5 Å². The lowest BCUT2D eigenvalue weighted by molar-refractivity contribution is 0.0699. The third-order valence-electron chi connectivity index (χ3n) is 3.59. The predicted octanol–water partition coefficient (Wildman–Crippen LogP) is 2.48. The molecule has 0 amide bonds. The fraction of sp³-hybridized carbons (Fsp3) is 0.400. The first kappa shape index (κ1) is 13.3. The summed E-state index contributed by atoms with van der Waals surface area (Å²) in [5.74, 6) is -0.229. The standard InChI is InChI=1S/C15H18FN3O/c16-13-5-3-11(4-6-13)15-12(9-18-19-15)8-17-14-2-1-7-20-10-14/h3-6,9,14,17H,1-2,7-8,10H2,(H,18,19)/t14-/m0/s1. The van der Waals surface area contributed by atoms with Gasteiger partial charge >= 0.3 is 0 Å². The van der Waals surface area contributed by atoms with Crippen molar-refractivity contribution < 1.29 is 9.13 Å². The molecule has 5 heteroatoms. The molecular weight excluding hydrogens is 257 g/mol. The van der Waals surface area contributed by atoms with Gasteiger partial charge in [0.05, 0.1) is 18.5 Å². The maximum atomic E-state index is 13.0. The third-order valence-corrected chi connectivity index (χ3v) is 3.59. The molecule has 3 rings (SSSR count). The van der Waals surface area contributed by atoms with Gasteiger partial charge in [-0.2, -0.15) is 5.10 Å². The highest BCUT2D eigenvalue weighted by molar-refractivity contribution is 5.62. The van der Waals surface area contributed by atoms with E-state index in [-0.39, 0.29) is 5.82 Å². The number of nitrogens with zero attached hydrogens (tertiary/aromatic N) is 1. The maximum Gasteiger partial charge on any atom is 0.123 e. The minimum atomic E-state index is -0.229. The molecule has 0 radical (unpaired) electrons. The summed E-state index contributed by atoms with van der Waals surface area (Å²) in [5, 5.41) is 10.6. The molecule has 4 nitrogen and oxygen atoms in total. The zero-order valence-electron chi connectivity index (χ0n) is 11.2. The van der Waals surface area contributed by atoms with Gasteiger partial charge in [0.15, 0.2) is 0 Å². The van der Waals surface area contributed by atoms with Crippen LogP contribution in [0.1, 0.15) is 18.4 Å². The predicted molar refractivity (Wildman–Crippen MR) is 74.7 cm³/mol. The topological polar surface area (TPSA) is 49.9 Å². The summed E-state index contributed by atoms with van der Waals surface area (Å²) >= 11 is 0. The first-order chi connectivity index (χ1) is 9.83. The first-order valence-corrected chi connectivity index (χ1v) is 6.92. The molecule has 0 bridgehead atoms. The zero-order chi connectivity index (χ0) is 13.8. The van der Waals surface area contributed by atoms with Crippen molar-refractivity contribution in [3.8, 4) is 11.3 Å². The number of aromatic nitrogens is 2. The highest BCUT2D eigenvalue weighted by Crippen LogP contribution is 2.21. The quantitative estimate of drug-likeness (QED) is 0.901. The van der Waals surface area contributed by atoms with Gasteiger partial charge in [0.25, 0.3) is 0 Å². The number of rotatable bonds is 4. The van der Waals surface area contributed by atoms with Gasteiger partial charge in [-0.05, 0) is 37.1 Å². The molecule has 20 heavy (non-hydrogen) atoms. The van der Waals surface area contributed by atoms with Crippen LogP contribution in [0.15, 0.2) is 30.5 Å². The van der Waals surface area contributed by atoms with Crippen LogP contribution in [0, 0.1) is 5.82 Å². The molecular formula is C15H18FN3O. The molecule has 2 aromatic rings. The second-order valence-electron chi connectivity index (χ2n) is 5.07. The summed E-state index contributed by atoms with van der Waals surface area (Å²) in [6, 6.07) is 6.84. The highest BCUT2D eigenvalue weighted by atomic mass is 19.1. The van der Waals surface area contributed by atoms with Crippen molar-refractivity contribution in [2.75, 3.05) is 13.2 Å². The van der Waals surface area contributed by atoms with Gasteiger partial charge in [0, 0.05) is 30.3 Å². The van der Waals surface area contributed by atoms with Crippen LogP contribution in [-0.2, 0) is 11.3 Å². The number of ether oxygens (including phenoxy) is 1. The maximum absolute atomic E-state index is 13.0. The average molecular weight is 275 g/mol. The molecule has 2 N–H and O–H groups in total. The minimum absolute atomic E-state index is 0.229. The Kier molecular flexibility index (Phi) is 4.08. The minimum Gasteiger partial charge on any atom is -0.380 e. The van der Waals surface area contributed by atoms with Gasteiger partial charge in [-0.25, -0.2) is 4.39 Å². The van der Waals surface area contributed by atoms with Crippen LogP contribution < -0.4 is 5.32 Å². The molecule has 1 aromatic carbocycles. The number of halogens is 1. The smallest absolute Gasteiger partial charge is 0.123 e. The van der Waals surface area contributed by atoms with Gasteiger partial charge < -0.3 is 10.1 Å². The van der Waals surface area contributed by atoms with Crippen molar-refractivity contribution in [2.45, 2.75) is 25.4 Å². The van der Waals surface area contributed by atoms with Gasteiger partial charge in [-0.1, -0.05) is 0 Å². The SMILES string of the molecule is Fc1ccc(-c2[nH]ncc2CN[C@H]2CCCOC2)cc1. The Hall–Kier alpha value is -1.72. The molecule has 106 valence electrons. The van der Waals surface area contributed by atoms with Crippen molar-refractivity contribution >= 4 is 0 Å². The summed E-state index contributed by atoms with van der Waals surface area (Å²) in [6.45, 7) is 2.37. The van der Waals surface area contributed by atoms with Crippen LogP contribution in [0.5, 0.6) is 0 Å². The van der Waals surface area contributed by atoms with Crippen molar-refractivity contribution in [3.63, 3.8) is 0 Å². The van der Waals surface area contributed by atoms with E-state index in [1.807, 2.05) is 6.20 Å². The van der Waals surface area contributed by atoms with Crippen LogP contribution in [0.2, 0.25) is 0 Å². The third kappa shape index (κ3) is 3.05. The van der Waals surface area contributed by atoms with Crippen LogP contribution in [0.4, 0.5) is 4.39 Å². The van der Waals surface area contributed by atoms with Gasteiger partial charge in [-0.15, -0.1) is 0 Å². The van der Waals surface area contributed by atoms with Gasteiger partial charge in [-0.3, -0.25) is 5.10 Å². The molecule has 1 atom stereocenters. The van der Waals surface area contributed by atoms with Crippen molar-refractivity contribution in [2.24, 2.45) is 0 Å². The molecule has 0 spiro atoms. The van der Waals surface area contributed by atoms with E-state index in [1.54, 1.807) is 12.1 Å². The number of aromatic amines is 1. The Balaban J connectivity index is 1.68. The normalized spacial score (nSPS) is 19.1. The lowest BCUT2D eigenvalue weighted by Gasteiger charge is -2.23. The summed E-state index contributed by atoms with van der Waals surface area (Å²) < 4.78 is 18.4. The van der Waals surface area contributed by atoms with E-state index >= 15 is 0 Å². The number of nitrogens with one attached hydrogen (secondary N) is 2. The lowest BCUT2D eigenvalue weighted by atomic mass is 10.1. The largest absolute Gasteiger partial charge is 0.380 e. The Labute approximate surface area is 117 Å². The number of hydrogen-bond acceptors (Lipinski definition) is 3. The van der Waals surface area contributed by atoms with E-state index in [4.69, 9.17) is 4.74 Å².